The van der Waals surface area contributed by atoms with Gasteiger partial charge in [0.1, 0.15) is 0 Å². The second-order valence-electron chi connectivity index (χ2n) is 5.03. The van der Waals surface area contributed by atoms with Crippen molar-refractivity contribution in [2.24, 2.45) is 12.8 Å². The van der Waals surface area contributed by atoms with Crippen molar-refractivity contribution in [3.8, 4) is 0 Å². The van der Waals surface area contributed by atoms with E-state index in [2.05, 4.69) is 18.9 Å². The minimum Gasteiger partial charge on any atom is -0.336 e. The van der Waals surface area contributed by atoms with E-state index in [1.54, 1.807) is 9.58 Å². The Morgan fingerprint density at radius 1 is 1.59 bits per heavy atom. The topological polar surface area (TPSA) is 64.2 Å². The number of likely N-dealkylation sites (tertiary alicyclic amines) is 1. The Balaban J connectivity index is 2.17. The fraction of sp³-hybridized carbons (Fsp3) is 0.667. The maximum absolute atomic E-state index is 12.2. The summed E-state index contributed by atoms with van der Waals surface area (Å²) < 4.78 is 1.79. The van der Waals surface area contributed by atoms with Crippen LogP contribution in [0.5, 0.6) is 0 Å². The first-order chi connectivity index (χ1) is 7.99. The largest absolute Gasteiger partial charge is 0.336 e. The summed E-state index contributed by atoms with van der Waals surface area (Å²) in [5, 5.41) is 4.29. The molecule has 5 nitrogen and oxygen atoms in total. The van der Waals surface area contributed by atoms with E-state index in [0.717, 1.165) is 18.7 Å². The molecule has 0 aromatic carbocycles. The Labute approximate surface area is 102 Å². The number of aryl methyl sites for hydroxylation is 1. The molecule has 1 aliphatic heterocycles. The van der Waals surface area contributed by atoms with Crippen molar-refractivity contribution < 1.29 is 4.79 Å². The minimum absolute atomic E-state index is 0.000417. The molecule has 2 N–H and O–H groups in total. The van der Waals surface area contributed by atoms with Crippen LogP contribution in [0.15, 0.2) is 6.07 Å². The summed E-state index contributed by atoms with van der Waals surface area (Å²) in [6, 6.07) is 2.00. The Bertz CT molecular complexity index is 424. The van der Waals surface area contributed by atoms with E-state index < -0.39 is 0 Å². The van der Waals surface area contributed by atoms with Gasteiger partial charge in [0.2, 0.25) is 0 Å². The molecule has 0 aliphatic carbocycles. The molecular formula is C12H20N4O. The van der Waals surface area contributed by atoms with Crippen molar-refractivity contribution in [2.45, 2.75) is 32.2 Å². The van der Waals surface area contributed by atoms with Crippen LogP contribution >= 0.6 is 0 Å². The molecule has 0 unspecified atom stereocenters. The van der Waals surface area contributed by atoms with Crippen molar-refractivity contribution in [2.75, 3.05) is 13.1 Å². The number of carbonyl (C=O) groups is 1. The van der Waals surface area contributed by atoms with Gasteiger partial charge in [0, 0.05) is 31.9 Å². The number of carbonyl (C=O) groups excluding carboxylic acids is 1. The molecule has 1 atom stereocenters. The van der Waals surface area contributed by atoms with Gasteiger partial charge in [-0.2, -0.15) is 5.10 Å². The van der Waals surface area contributed by atoms with Crippen molar-refractivity contribution >= 4 is 5.91 Å². The zero-order valence-electron chi connectivity index (χ0n) is 10.7. The van der Waals surface area contributed by atoms with Crippen molar-refractivity contribution in [1.29, 1.82) is 0 Å². The fourth-order valence-electron chi connectivity index (χ4n) is 2.26. The van der Waals surface area contributed by atoms with E-state index in [1.165, 1.54) is 0 Å². The summed E-state index contributed by atoms with van der Waals surface area (Å²) in [6.07, 6.45) is 0.885. The fourth-order valence-corrected chi connectivity index (χ4v) is 2.26. The van der Waals surface area contributed by atoms with E-state index in [1.807, 2.05) is 13.1 Å². The second-order valence-corrected chi connectivity index (χ2v) is 5.03. The zero-order valence-corrected chi connectivity index (χ0v) is 10.7. The van der Waals surface area contributed by atoms with Gasteiger partial charge >= 0.3 is 0 Å². The Kier molecular flexibility index (Phi) is 3.19. The lowest BCUT2D eigenvalue weighted by Gasteiger charge is -2.13. The van der Waals surface area contributed by atoms with Gasteiger partial charge in [-0.1, -0.05) is 13.8 Å². The van der Waals surface area contributed by atoms with Crippen LogP contribution in [-0.4, -0.2) is 39.7 Å². The molecule has 1 amide bonds. The Morgan fingerprint density at radius 3 is 2.76 bits per heavy atom. The van der Waals surface area contributed by atoms with Gasteiger partial charge in [-0.3, -0.25) is 9.48 Å². The van der Waals surface area contributed by atoms with Crippen molar-refractivity contribution in [1.82, 2.24) is 14.7 Å². The molecule has 94 valence electrons. The molecule has 1 aliphatic rings. The molecule has 0 bridgehead atoms. The lowest BCUT2D eigenvalue weighted by molar-refractivity contribution is 0.0784. The predicted octanol–water partition coefficient (Wildman–Crippen LogP) is 0.717. The maximum Gasteiger partial charge on any atom is 0.274 e. The molecule has 1 saturated heterocycles. The van der Waals surface area contributed by atoms with Gasteiger partial charge in [-0.05, 0) is 18.4 Å². The van der Waals surface area contributed by atoms with E-state index >= 15 is 0 Å². The quantitative estimate of drug-likeness (QED) is 0.822. The van der Waals surface area contributed by atoms with Crippen LogP contribution in [0, 0.1) is 0 Å². The predicted molar refractivity (Wildman–Crippen MR) is 65.8 cm³/mol. The number of nitrogens with zero attached hydrogens (tertiary/aromatic N) is 3. The molecule has 1 fully saturated rings. The number of hydrogen-bond donors (Lipinski definition) is 1. The van der Waals surface area contributed by atoms with Gasteiger partial charge in [0.15, 0.2) is 5.69 Å². The highest BCUT2D eigenvalue weighted by Gasteiger charge is 2.26. The number of hydrogen-bond acceptors (Lipinski definition) is 3. The van der Waals surface area contributed by atoms with Crippen LogP contribution in [0.4, 0.5) is 0 Å². The van der Waals surface area contributed by atoms with Crippen LogP contribution in [-0.2, 0) is 7.05 Å². The van der Waals surface area contributed by atoms with E-state index in [-0.39, 0.29) is 11.9 Å². The summed E-state index contributed by atoms with van der Waals surface area (Å²) >= 11 is 0. The second kappa shape index (κ2) is 4.49. The highest BCUT2D eigenvalue weighted by atomic mass is 16.2. The average Bonchev–Trinajstić information content (AvgIpc) is 2.83. The Hall–Kier alpha value is -1.36. The number of aromatic nitrogens is 2. The van der Waals surface area contributed by atoms with Crippen LogP contribution in [0.2, 0.25) is 0 Å². The van der Waals surface area contributed by atoms with E-state index in [9.17, 15) is 4.79 Å². The third-order valence-corrected chi connectivity index (χ3v) is 3.24. The lowest BCUT2D eigenvalue weighted by Crippen LogP contribution is -2.32. The third-order valence-electron chi connectivity index (χ3n) is 3.24. The normalized spacial score (nSPS) is 20.3. The zero-order chi connectivity index (χ0) is 12.6. The summed E-state index contributed by atoms with van der Waals surface area (Å²) in [6.45, 7) is 5.58. The first-order valence-corrected chi connectivity index (χ1v) is 6.08. The molecule has 1 aromatic rings. The summed E-state index contributed by atoms with van der Waals surface area (Å²) in [7, 11) is 1.88. The van der Waals surface area contributed by atoms with Gasteiger partial charge < -0.3 is 10.6 Å². The lowest BCUT2D eigenvalue weighted by atomic mass is 10.1. The molecule has 0 spiro atoms. The highest BCUT2D eigenvalue weighted by molar-refractivity contribution is 5.92. The minimum atomic E-state index is 0.000417. The van der Waals surface area contributed by atoms with E-state index in [0.29, 0.717) is 18.2 Å². The molecule has 2 rings (SSSR count). The van der Waals surface area contributed by atoms with E-state index in [4.69, 9.17) is 5.73 Å². The molecule has 17 heavy (non-hydrogen) atoms. The monoisotopic (exact) mass is 236 g/mol. The van der Waals surface area contributed by atoms with Gasteiger partial charge in [-0.25, -0.2) is 0 Å². The van der Waals surface area contributed by atoms with Crippen LogP contribution in [0.1, 0.15) is 42.4 Å². The van der Waals surface area contributed by atoms with Crippen LogP contribution in [0.3, 0.4) is 0 Å². The van der Waals surface area contributed by atoms with Gasteiger partial charge in [-0.15, -0.1) is 0 Å². The van der Waals surface area contributed by atoms with Crippen LogP contribution < -0.4 is 5.73 Å². The molecular weight excluding hydrogens is 216 g/mol. The first kappa shape index (κ1) is 12.1. The average molecular weight is 236 g/mol. The number of rotatable bonds is 2. The molecule has 2 heterocycles. The van der Waals surface area contributed by atoms with Gasteiger partial charge in [0.25, 0.3) is 5.91 Å². The standard InChI is InChI=1S/C12H20N4O/c1-8(2)11-6-10(14-15(11)3)12(17)16-5-4-9(13)7-16/h6,8-9H,4-5,7,13H2,1-3H3/t9-/m0/s1. The summed E-state index contributed by atoms with van der Waals surface area (Å²) in [5.74, 6) is 0.371. The highest BCUT2D eigenvalue weighted by Crippen LogP contribution is 2.17. The Morgan fingerprint density at radius 2 is 2.29 bits per heavy atom. The van der Waals surface area contributed by atoms with Crippen LogP contribution in [0.25, 0.3) is 0 Å². The molecule has 1 aromatic heterocycles. The third kappa shape index (κ3) is 2.34. The maximum atomic E-state index is 12.2. The SMILES string of the molecule is CC(C)c1cc(C(=O)N2CC[C@H](N)C2)nn1C. The smallest absolute Gasteiger partial charge is 0.274 e. The first-order valence-electron chi connectivity index (χ1n) is 6.08. The summed E-state index contributed by atoms with van der Waals surface area (Å²) in [5.41, 5.74) is 7.42. The summed E-state index contributed by atoms with van der Waals surface area (Å²) in [4.78, 5) is 14.0. The van der Waals surface area contributed by atoms with Gasteiger partial charge in [0.05, 0.1) is 0 Å². The molecule has 0 saturated carbocycles. The number of nitrogens with two attached hydrogens (primary N) is 1. The molecule has 0 radical (unpaired) electrons. The van der Waals surface area contributed by atoms with Crippen molar-refractivity contribution in [3.05, 3.63) is 17.5 Å². The number of amides is 1. The molecule has 5 heteroatoms. The van der Waals surface area contributed by atoms with Crippen molar-refractivity contribution in [3.63, 3.8) is 0 Å².